The van der Waals surface area contributed by atoms with E-state index in [-0.39, 0.29) is 24.0 Å². The second-order valence-electron chi connectivity index (χ2n) is 7.41. The van der Waals surface area contributed by atoms with Crippen LogP contribution >= 0.6 is 24.0 Å². The number of hydrogen-bond acceptors (Lipinski definition) is 2. The molecule has 0 radical (unpaired) electrons. The molecule has 1 aromatic carbocycles. The van der Waals surface area contributed by atoms with Gasteiger partial charge >= 0.3 is 0 Å². The first-order valence-corrected chi connectivity index (χ1v) is 9.64. The molecule has 1 fully saturated rings. The third kappa shape index (κ3) is 5.70. The number of rotatable bonds is 7. The van der Waals surface area contributed by atoms with Crippen LogP contribution in [0.2, 0.25) is 0 Å². The molecule has 0 saturated heterocycles. The molecule has 0 bridgehead atoms. The zero-order chi connectivity index (χ0) is 18.4. The van der Waals surface area contributed by atoms with Crippen LogP contribution in [-0.2, 0) is 13.1 Å². The minimum atomic E-state index is 0. The standard InChI is InChI=1S/C21H31N5.HI/c1-4-21(9-6-10-21)16-25-20(22-3)24-14-18-7-5-8-19(13-18)15-26-12-11-23-17(26)2;/h5,7-8,11-13H,4,6,9-10,14-16H2,1-3H3,(H2,22,24,25);1H. The van der Waals surface area contributed by atoms with Crippen LogP contribution in [0.4, 0.5) is 0 Å². The van der Waals surface area contributed by atoms with Gasteiger partial charge in [0.1, 0.15) is 5.82 Å². The lowest BCUT2D eigenvalue weighted by atomic mass is 9.67. The Labute approximate surface area is 180 Å². The number of imidazole rings is 1. The molecule has 1 saturated carbocycles. The Morgan fingerprint density at radius 2 is 2.04 bits per heavy atom. The van der Waals surface area contributed by atoms with Crippen LogP contribution in [0.3, 0.4) is 0 Å². The van der Waals surface area contributed by atoms with Gasteiger partial charge in [0, 0.05) is 39.1 Å². The second-order valence-corrected chi connectivity index (χ2v) is 7.41. The Bertz CT molecular complexity index is 743. The van der Waals surface area contributed by atoms with Crippen molar-refractivity contribution in [2.24, 2.45) is 10.4 Å². The predicted molar refractivity (Wildman–Crippen MR) is 123 cm³/mol. The number of hydrogen-bond donors (Lipinski definition) is 2. The van der Waals surface area contributed by atoms with Crippen LogP contribution in [0.15, 0.2) is 41.7 Å². The molecule has 3 rings (SSSR count). The van der Waals surface area contributed by atoms with E-state index in [0.717, 1.165) is 31.4 Å². The van der Waals surface area contributed by atoms with Crippen molar-refractivity contribution in [1.29, 1.82) is 0 Å². The van der Waals surface area contributed by atoms with Gasteiger partial charge in [-0.05, 0) is 42.7 Å². The van der Waals surface area contributed by atoms with Crippen molar-refractivity contribution < 1.29 is 0 Å². The Hall–Kier alpha value is -1.57. The first-order chi connectivity index (χ1) is 12.6. The number of guanidine groups is 1. The van der Waals surface area contributed by atoms with Gasteiger partial charge in [0.05, 0.1) is 0 Å². The number of nitrogens with one attached hydrogen (secondary N) is 2. The second kappa shape index (κ2) is 10.1. The van der Waals surface area contributed by atoms with Crippen LogP contribution < -0.4 is 10.6 Å². The van der Waals surface area contributed by atoms with E-state index in [9.17, 15) is 0 Å². The zero-order valence-corrected chi connectivity index (χ0v) is 19.0. The van der Waals surface area contributed by atoms with Gasteiger partial charge in [0.25, 0.3) is 0 Å². The van der Waals surface area contributed by atoms with E-state index in [1.807, 2.05) is 26.4 Å². The molecule has 27 heavy (non-hydrogen) atoms. The van der Waals surface area contributed by atoms with E-state index < -0.39 is 0 Å². The Kier molecular flexibility index (Phi) is 8.13. The summed E-state index contributed by atoms with van der Waals surface area (Å²) >= 11 is 0. The minimum Gasteiger partial charge on any atom is -0.356 e. The van der Waals surface area contributed by atoms with Crippen molar-refractivity contribution in [3.8, 4) is 0 Å². The lowest BCUT2D eigenvalue weighted by Gasteiger charge is -2.41. The summed E-state index contributed by atoms with van der Waals surface area (Å²) < 4.78 is 2.16. The van der Waals surface area contributed by atoms with E-state index in [4.69, 9.17) is 0 Å². The average Bonchev–Trinajstić information content (AvgIpc) is 3.02. The Morgan fingerprint density at radius 1 is 1.26 bits per heavy atom. The van der Waals surface area contributed by atoms with E-state index in [2.05, 4.69) is 56.4 Å². The highest BCUT2D eigenvalue weighted by atomic mass is 127. The summed E-state index contributed by atoms with van der Waals surface area (Å²) in [7, 11) is 1.84. The molecule has 0 spiro atoms. The van der Waals surface area contributed by atoms with Crippen molar-refractivity contribution in [2.45, 2.75) is 52.6 Å². The number of aromatic nitrogens is 2. The summed E-state index contributed by atoms with van der Waals surface area (Å²) in [5, 5.41) is 6.97. The Balaban J connectivity index is 0.00000261. The molecule has 148 valence electrons. The van der Waals surface area contributed by atoms with Crippen LogP contribution in [0.25, 0.3) is 0 Å². The smallest absolute Gasteiger partial charge is 0.191 e. The summed E-state index contributed by atoms with van der Waals surface area (Å²) in [4.78, 5) is 8.67. The van der Waals surface area contributed by atoms with Crippen molar-refractivity contribution >= 4 is 29.9 Å². The van der Waals surface area contributed by atoms with Crippen molar-refractivity contribution in [1.82, 2.24) is 20.2 Å². The van der Waals surface area contributed by atoms with Crippen LogP contribution in [-0.4, -0.2) is 29.1 Å². The van der Waals surface area contributed by atoms with Gasteiger partial charge in [0.15, 0.2) is 5.96 Å². The topological polar surface area (TPSA) is 54.2 Å². The number of nitrogens with zero attached hydrogens (tertiary/aromatic N) is 3. The molecule has 1 aromatic heterocycles. The highest BCUT2D eigenvalue weighted by Crippen LogP contribution is 2.42. The van der Waals surface area contributed by atoms with E-state index in [1.165, 1.54) is 36.8 Å². The van der Waals surface area contributed by atoms with Gasteiger partial charge in [-0.3, -0.25) is 4.99 Å². The Morgan fingerprint density at radius 3 is 2.63 bits per heavy atom. The van der Waals surface area contributed by atoms with Crippen LogP contribution in [0.1, 0.15) is 49.6 Å². The molecule has 1 aliphatic rings. The van der Waals surface area contributed by atoms with Crippen molar-refractivity contribution in [2.75, 3.05) is 13.6 Å². The predicted octanol–water partition coefficient (Wildman–Crippen LogP) is 4.10. The molecule has 0 unspecified atom stereocenters. The maximum atomic E-state index is 4.38. The van der Waals surface area contributed by atoms with Gasteiger partial charge in [-0.2, -0.15) is 0 Å². The molecule has 5 nitrogen and oxygen atoms in total. The number of aryl methyl sites for hydroxylation is 1. The first kappa shape index (κ1) is 21.7. The van der Waals surface area contributed by atoms with Gasteiger partial charge in [-0.15, -0.1) is 24.0 Å². The monoisotopic (exact) mass is 481 g/mol. The highest BCUT2D eigenvalue weighted by Gasteiger charge is 2.34. The van der Waals surface area contributed by atoms with E-state index >= 15 is 0 Å². The largest absolute Gasteiger partial charge is 0.356 e. The fourth-order valence-corrected chi connectivity index (χ4v) is 3.62. The third-order valence-corrected chi connectivity index (χ3v) is 5.75. The molecule has 2 aromatic rings. The fourth-order valence-electron chi connectivity index (χ4n) is 3.62. The molecular weight excluding hydrogens is 449 g/mol. The minimum absolute atomic E-state index is 0. The van der Waals surface area contributed by atoms with E-state index in [0.29, 0.717) is 5.41 Å². The number of halogens is 1. The van der Waals surface area contributed by atoms with Crippen molar-refractivity contribution in [3.63, 3.8) is 0 Å². The molecule has 1 heterocycles. The number of aliphatic imine (C=N–C) groups is 1. The van der Waals surface area contributed by atoms with Gasteiger partial charge in [0.2, 0.25) is 0 Å². The molecular formula is C21H32IN5. The molecule has 6 heteroatoms. The summed E-state index contributed by atoms with van der Waals surface area (Å²) in [6.07, 6.45) is 9.15. The first-order valence-electron chi connectivity index (χ1n) is 9.64. The van der Waals surface area contributed by atoms with Gasteiger partial charge < -0.3 is 15.2 Å². The summed E-state index contributed by atoms with van der Waals surface area (Å²) in [5.74, 6) is 1.93. The molecule has 0 atom stereocenters. The summed E-state index contributed by atoms with van der Waals surface area (Å²) in [5.41, 5.74) is 3.03. The summed E-state index contributed by atoms with van der Waals surface area (Å²) in [6, 6.07) is 8.69. The van der Waals surface area contributed by atoms with Crippen molar-refractivity contribution in [3.05, 3.63) is 53.6 Å². The molecule has 0 aliphatic heterocycles. The SMILES string of the molecule is CCC1(CNC(=NC)NCc2cccc(Cn3ccnc3C)c2)CCC1.I. The molecule has 0 amide bonds. The molecule has 2 N–H and O–H groups in total. The fraction of sp³-hybridized carbons (Fsp3) is 0.524. The quantitative estimate of drug-likeness (QED) is 0.356. The lowest BCUT2D eigenvalue weighted by molar-refractivity contribution is 0.131. The normalized spacial score (nSPS) is 15.6. The number of benzene rings is 1. The maximum Gasteiger partial charge on any atom is 0.191 e. The lowest BCUT2D eigenvalue weighted by Crippen LogP contribution is -2.46. The maximum absolute atomic E-state index is 4.38. The van der Waals surface area contributed by atoms with Gasteiger partial charge in [-0.1, -0.05) is 37.6 Å². The van der Waals surface area contributed by atoms with Crippen LogP contribution in [0, 0.1) is 12.3 Å². The highest BCUT2D eigenvalue weighted by molar-refractivity contribution is 14.0. The summed E-state index contributed by atoms with van der Waals surface area (Å²) in [6.45, 7) is 6.97. The third-order valence-electron chi connectivity index (χ3n) is 5.75. The molecule has 1 aliphatic carbocycles. The zero-order valence-electron chi connectivity index (χ0n) is 16.7. The van der Waals surface area contributed by atoms with E-state index in [1.54, 1.807) is 0 Å². The van der Waals surface area contributed by atoms with Crippen LogP contribution in [0.5, 0.6) is 0 Å². The van der Waals surface area contributed by atoms with Gasteiger partial charge in [-0.25, -0.2) is 4.98 Å². The average molecular weight is 481 g/mol.